The van der Waals surface area contributed by atoms with E-state index in [9.17, 15) is 4.79 Å². The van der Waals surface area contributed by atoms with Gasteiger partial charge in [0.05, 0.1) is 6.04 Å². The van der Waals surface area contributed by atoms with Gasteiger partial charge in [0, 0.05) is 13.1 Å². The van der Waals surface area contributed by atoms with Crippen LogP contribution in [-0.2, 0) is 11.2 Å². The summed E-state index contributed by atoms with van der Waals surface area (Å²) >= 11 is 0. The molecule has 2 atom stereocenters. The number of hydrogen-bond donors (Lipinski definition) is 1. The summed E-state index contributed by atoms with van der Waals surface area (Å²) in [6, 6.07) is 10.1. The van der Waals surface area contributed by atoms with Crippen molar-refractivity contribution in [1.29, 1.82) is 0 Å². The number of nitrogens with two attached hydrogens (primary N) is 1. The highest BCUT2D eigenvalue weighted by atomic mass is 35.5. The molecule has 1 aromatic rings. The van der Waals surface area contributed by atoms with Crippen molar-refractivity contribution in [3.63, 3.8) is 0 Å². The van der Waals surface area contributed by atoms with E-state index < -0.39 is 6.04 Å². The Bertz CT molecular complexity index is 456. The van der Waals surface area contributed by atoms with Crippen LogP contribution in [0.2, 0.25) is 0 Å². The van der Waals surface area contributed by atoms with Gasteiger partial charge in [-0.3, -0.25) is 4.79 Å². The van der Waals surface area contributed by atoms with Crippen molar-refractivity contribution in [2.24, 2.45) is 17.1 Å². The molecule has 1 unspecified atom stereocenters. The molecule has 0 aliphatic carbocycles. The van der Waals surface area contributed by atoms with Gasteiger partial charge in [-0.05, 0) is 29.7 Å². The van der Waals surface area contributed by atoms with E-state index in [1.807, 2.05) is 31.7 Å². The molecule has 21 heavy (non-hydrogen) atoms. The van der Waals surface area contributed by atoms with E-state index in [2.05, 4.69) is 24.3 Å². The predicted molar refractivity (Wildman–Crippen MR) is 89.5 cm³/mol. The van der Waals surface area contributed by atoms with Gasteiger partial charge < -0.3 is 10.6 Å². The maximum Gasteiger partial charge on any atom is 0.240 e. The number of amides is 1. The van der Waals surface area contributed by atoms with Gasteiger partial charge in [-0.2, -0.15) is 0 Å². The highest BCUT2D eigenvalue weighted by Crippen LogP contribution is 2.25. The third-order valence-electron chi connectivity index (χ3n) is 4.16. The maximum absolute atomic E-state index is 12.4. The van der Waals surface area contributed by atoms with Crippen LogP contribution in [0.1, 0.15) is 32.8 Å². The summed E-state index contributed by atoms with van der Waals surface area (Å²) in [5, 5.41) is 0. The van der Waals surface area contributed by atoms with Crippen LogP contribution in [0.4, 0.5) is 0 Å². The second-order valence-corrected chi connectivity index (χ2v) is 6.97. The van der Waals surface area contributed by atoms with Gasteiger partial charge in [0.15, 0.2) is 0 Å². The molecule has 1 heterocycles. The molecule has 1 saturated heterocycles. The van der Waals surface area contributed by atoms with E-state index in [1.165, 1.54) is 5.56 Å². The Kier molecular flexibility index (Phi) is 6.24. The molecule has 1 aromatic carbocycles. The van der Waals surface area contributed by atoms with E-state index in [0.29, 0.717) is 5.92 Å². The highest BCUT2D eigenvalue weighted by molar-refractivity contribution is 5.85. The Morgan fingerprint density at radius 2 is 1.95 bits per heavy atom. The monoisotopic (exact) mass is 310 g/mol. The number of benzene rings is 1. The van der Waals surface area contributed by atoms with Crippen LogP contribution in [0, 0.1) is 11.3 Å². The van der Waals surface area contributed by atoms with Gasteiger partial charge in [0.1, 0.15) is 0 Å². The average molecular weight is 311 g/mol. The lowest BCUT2D eigenvalue weighted by Crippen LogP contribution is -2.49. The molecule has 1 fully saturated rings. The molecule has 1 aliphatic rings. The number of nitrogens with zero attached hydrogens (tertiary/aromatic N) is 1. The van der Waals surface area contributed by atoms with Crippen LogP contribution in [0.3, 0.4) is 0 Å². The summed E-state index contributed by atoms with van der Waals surface area (Å²) in [7, 11) is 0. The Balaban J connectivity index is 0.00000220. The molecule has 0 saturated carbocycles. The first-order valence-corrected chi connectivity index (χ1v) is 7.46. The Labute approximate surface area is 134 Å². The molecule has 1 amide bonds. The van der Waals surface area contributed by atoms with Crippen LogP contribution in [0.5, 0.6) is 0 Å². The summed E-state index contributed by atoms with van der Waals surface area (Å²) in [4.78, 5) is 14.3. The number of carbonyl (C=O) groups excluding carboxylic acids is 1. The fourth-order valence-electron chi connectivity index (χ4n) is 2.71. The van der Waals surface area contributed by atoms with E-state index in [4.69, 9.17) is 5.73 Å². The van der Waals surface area contributed by atoms with Crippen LogP contribution in [0.25, 0.3) is 0 Å². The topological polar surface area (TPSA) is 46.3 Å². The lowest BCUT2D eigenvalue weighted by Gasteiger charge is -2.30. The molecule has 0 aromatic heterocycles. The largest absolute Gasteiger partial charge is 0.341 e. The van der Waals surface area contributed by atoms with Crippen LogP contribution in [-0.4, -0.2) is 29.9 Å². The van der Waals surface area contributed by atoms with Crippen molar-refractivity contribution in [2.45, 2.75) is 39.7 Å². The summed E-state index contributed by atoms with van der Waals surface area (Å²) in [6.07, 6.45) is 2.13. The molecule has 0 bridgehead atoms. The first kappa shape index (κ1) is 18.0. The van der Waals surface area contributed by atoms with Gasteiger partial charge in [-0.1, -0.05) is 51.1 Å². The maximum atomic E-state index is 12.4. The molecule has 2 rings (SSSR count). The Morgan fingerprint density at radius 1 is 1.33 bits per heavy atom. The lowest BCUT2D eigenvalue weighted by atomic mass is 9.86. The summed E-state index contributed by atoms with van der Waals surface area (Å²) in [6.45, 7) is 7.75. The highest BCUT2D eigenvalue weighted by Gasteiger charge is 2.34. The van der Waals surface area contributed by atoms with Crippen molar-refractivity contribution in [1.82, 2.24) is 4.90 Å². The van der Waals surface area contributed by atoms with Crippen LogP contribution >= 0.6 is 12.4 Å². The number of halogens is 1. The minimum absolute atomic E-state index is 0. The lowest BCUT2D eigenvalue weighted by molar-refractivity contribution is -0.134. The average Bonchev–Trinajstić information content (AvgIpc) is 2.85. The van der Waals surface area contributed by atoms with E-state index in [0.717, 1.165) is 25.9 Å². The van der Waals surface area contributed by atoms with Crippen molar-refractivity contribution in [3.05, 3.63) is 35.9 Å². The number of rotatable bonds is 3. The van der Waals surface area contributed by atoms with Crippen molar-refractivity contribution in [3.8, 4) is 0 Å². The molecule has 118 valence electrons. The quantitative estimate of drug-likeness (QED) is 0.933. The predicted octanol–water partition coefficient (Wildman–Crippen LogP) is 2.87. The zero-order valence-electron chi connectivity index (χ0n) is 13.2. The Morgan fingerprint density at radius 3 is 2.52 bits per heavy atom. The molecule has 3 nitrogen and oxygen atoms in total. The van der Waals surface area contributed by atoms with Gasteiger partial charge in [-0.15, -0.1) is 12.4 Å². The molecular weight excluding hydrogens is 284 g/mol. The van der Waals surface area contributed by atoms with E-state index in [-0.39, 0.29) is 23.7 Å². The van der Waals surface area contributed by atoms with Crippen LogP contribution < -0.4 is 5.73 Å². The molecule has 1 aliphatic heterocycles. The standard InChI is InChI=1S/C17H26N2O.ClH/c1-17(2,3)15(18)16(20)19-10-9-14(12-19)11-13-7-5-4-6-8-13;/h4-8,14-15H,9-12,18H2,1-3H3;1H/t14?,15-;/m1./s1. The normalized spacial score (nSPS) is 20.0. The summed E-state index contributed by atoms with van der Waals surface area (Å²) < 4.78 is 0. The first-order valence-electron chi connectivity index (χ1n) is 7.46. The zero-order valence-corrected chi connectivity index (χ0v) is 14.0. The van der Waals surface area contributed by atoms with Gasteiger partial charge >= 0.3 is 0 Å². The van der Waals surface area contributed by atoms with Crippen LogP contribution in [0.15, 0.2) is 30.3 Å². The third-order valence-corrected chi connectivity index (χ3v) is 4.16. The minimum Gasteiger partial charge on any atom is -0.341 e. The molecule has 4 heteroatoms. The van der Waals surface area contributed by atoms with E-state index in [1.54, 1.807) is 0 Å². The molecule has 0 spiro atoms. The van der Waals surface area contributed by atoms with Gasteiger partial charge in [-0.25, -0.2) is 0 Å². The van der Waals surface area contributed by atoms with Crippen molar-refractivity contribution < 1.29 is 4.79 Å². The SMILES string of the molecule is CC(C)(C)[C@H](N)C(=O)N1CCC(Cc2ccccc2)C1.Cl. The smallest absolute Gasteiger partial charge is 0.240 e. The fraction of sp³-hybridized carbons (Fsp3) is 0.588. The second-order valence-electron chi connectivity index (χ2n) is 6.97. The summed E-state index contributed by atoms with van der Waals surface area (Å²) in [5.74, 6) is 0.668. The van der Waals surface area contributed by atoms with Gasteiger partial charge in [0.2, 0.25) is 5.91 Å². The van der Waals surface area contributed by atoms with E-state index >= 15 is 0 Å². The van der Waals surface area contributed by atoms with Gasteiger partial charge in [0.25, 0.3) is 0 Å². The number of carbonyl (C=O) groups is 1. The molecular formula is C17H27ClN2O. The first-order chi connectivity index (χ1) is 9.38. The fourth-order valence-corrected chi connectivity index (χ4v) is 2.71. The third kappa shape index (κ3) is 4.72. The minimum atomic E-state index is -0.405. The number of likely N-dealkylation sites (tertiary alicyclic amines) is 1. The van der Waals surface area contributed by atoms with Crippen molar-refractivity contribution >= 4 is 18.3 Å². The van der Waals surface area contributed by atoms with Crippen molar-refractivity contribution in [2.75, 3.05) is 13.1 Å². The molecule has 2 N–H and O–H groups in total. The summed E-state index contributed by atoms with van der Waals surface area (Å²) in [5.41, 5.74) is 7.26. The zero-order chi connectivity index (χ0) is 14.8. The Hall–Kier alpha value is -1.06. The molecule has 0 radical (unpaired) electrons. The second kappa shape index (κ2) is 7.28. The number of hydrogen-bond acceptors (Lipinski definition) is 2.